The van der Waals surface area contributed by atoms with Crippen LogP contribution in [0.2, 0.25) is 10.0 Å². The number of nitrogens with zero attached hydrogens (tertiary/aromatic N) is 3. The van der Waals surface area contributed by atoms with E-state index in [2.05, 4.69) is 5.32 Å². The number of nitrogens with one attached hydrogen (secondary N) is 1. The zero-order chi connectivity index (χ0) is 23.9. The van der Waals surface area contributed by atoms with E-state index in [0.29, 0.717) is 46.2 Å². The van der Waals surface area contributed by atoms with Crippen LogP contribution in [0.5, 0.6) is 0 Å². The van der Waals surface area contributed by atoms with Gasteiger partial charge in [0.05, 0.1) is 22.7 Å². The van der Waals surface area contributed by atoms with Crippen LogP contribution in [0, 0.1) is 5.92 Å². The summed E-state index contributed by atoms with van der Waals surface area (Å²) in [5, 5.41) is 3.61. The summed E-state index contributed by atoms with van der Waals surface area (Å²) in [6.07, 6.45) is 1.17. The van der Waals surface area contributed by atoms with Gasteiger partial charge in [0.1, 0.15) is 0 Å². The highest BCUT2D eigenvalue weighted by atomic mass is 35.5. The van der Waals surface area contributed by atoms with Crippen molar-refractivity contribution in [3.63, 3.8) is 0 Å². The number of rotatable bonds is 5. The molecule has 4 rings (SSSR count). The van der Waals surface area contributed by atoms with Gasteiger partial charge < -0.3 is 5.32 Å². The van der Waals surface area contributed by atoms with Crippen molar-refractivity contribution in [2.45, 2.75) is 18.6 Å². The summed E-state index contributed by atoms with van der Waals surface area (Å²) >= 11 is 12.1. The molecule has 0 spiro atoms. The first-order valence-electron chi connectivity index (χ1n) is 10.4. The van der Waals surface area contributed by atoms with E-state index in [9.17, 15) is 18.0 Å². The molecule has 0 bridgehead atoms. The maximum atomic E-state index is 13.0. The summed E-state index contributed by atoms with van der Waals surface area (Å²) in [5.41, 5.74) is 2.34. The molecule has 0 radical (unpaired) electrons. The Labute approximate surface area is 201 Å². The summed E-state index contributed by atoms with van der Waals surface area (Å²) in [6.45, 7) is 0.459. The molecular weight excluding hydrogens is 487 g/mol. The molecule has 176 valence electrons. The number of hydrogen-bond donors (Lipinski definition) is 1. The Bertz CT molecular complexity index is 1400. The molecular formula is C22H24Cl2N4O4S. The third-order valence-corrected chi connectivity index (χ3v) is 8.42. The van der Waals surface area contributed by atoms with Gasteiger partial charge in [-0.3, -0.25) is 13.9 Å². The molecule has 0 aliphatic carbocycles. The molecule has 1 fully saturated rings. The van der Waals surface area contributed by atoms with Crippen LogP contribution in [-0.4, -0.2) is 40.9 Å². The van der Waals surface area contributed by atoms with Gasteiger partial charge in [0, 0.05) is 42.9 Å². The highest BCUT2D eigenvalue weighted by molar-refractivity contribution is 7.88. The molecule has 0 saturated carbocycles. The van der Waals surface area contributed by atoms with Crippen LogP contribution in [-0.2, 0) is 34.7 Å². The summed E-state index contributed by atoms with van der Waals surface area (Å²) in [6, 6.07) is 9.97. The van der Waals surface area contributed by atoms with Gasteiger partial charge in [-0.15, -0.1) is 0 Å². The quantitative estimate of drug-likeness (QED) is 0.569. The van der Waals surface area contributed by atoms with E-state index in [0.717, 1.165) is 5.52 Å². The Hall–Kier alpha value is -2.33. The lowest BCUT2D eigenvalue weighted by atomic mass is 9.98. The minimum absolute atomic E-state index is 0.103. The summed E-state index contributed by atoms with van der Waals surface area (Å²) < 4.78 is 30.4. The van der Waals surface area contributed by atoms with Crippen LogP contribution < -0.4 is 11.0 Å². The van der Waals surface area contributed by atoms with Gasteiger partial charge in [-0.25, -0.2) is 17.5 Å². The van der Waals surface area contributed by atoms with E-state index >= 15 is 0 Å². The number of imidazole rings is 1. The van der Waals surface area contributed by atoms with Gasteiger partial charge in [0.25, 0.3) is 0 Å². The second-order valence-corrected chi connectivity index (χ2v) is 11.1. The van der Waals surface area contributed by atoms with Gasteiger partial charge in [-0.05, 0) is 48.7 Å². The van der Waals surface area contributed by atoms with Gasteiger partial charge in [0.15, 0.2) is 0 Å². The molecule has 1 aliphatic heterocycles. The fourth-order valence-electron chi connectivity index (χ4n) is 4.16. The topological polar surface area (TPSA) is 93.4 Å². The molecule has 11 heteroatoms. The summed E-state index contributed by atoms with van der Waals surface area (Å²) in [7, 11) is -0.297. The Morgan fingerprint density at radius 3 is 2.55 bits per heavy atom. The number of benzene rings is 2. The molecule has 1 atom stereocenters. The average molecular weight is 511 g/mol. The number of piperidine rings is 1. The molecule has 1 saturated heterocycles. The number of aromatic nitrogens is 2. The van der Waals surface area contributed by atoms with Gasteiger partial charge in [0.2, 0.25) is 15.9 Å². The van der Waals surface area contributed by atoms with Crippen molar-refractivity contribution in [1.82, 2.24) is 13.4 Å². The van der Waals surface area contributed by atoms with Crippen molar-refractivity contribution in [3.05, 3.63) is 62.5 Å². The number of fused-ring (bicyclic) bond motifs is 1. The Balaban J connectivity index is 1.47. The van der Waals surface area contributed by atoms with Gasteiger partial charge >= 0.3 is 5.69 Å². The first-order chi connectivity index (χ1) is 15.6. The second-order valence-electron chi connectivity index (χ2n) is 8.28. The molecule has 1 N–H and O–H groups in total. The van der Waals surface area contributed by atoms with Crippen molar-refractivity contribution in [1.29, 1.82) is 0 Å². The lowest BCUT2D eigenvalue weighted by Crippen LogP contribution is -2.44. The van der Waals surface area contributed by atoms with E-state index < -0.39 is 15.9 Å². The molecule has 2 heterocycles. The van der Waals surface area contributed by atoms with Crippen LogP contribution in [0.4, 0.5) is 5.69 Å². The largest absolute Gasteiger partial charge is 0.328 e. The Morgan fingerprint density at radius 2 is 1.82 bits per heavy atom. The maximum absolute atomic E-state index is 13.0. The summed E-state index contributed by atoms with van der Waals surface area (Å²) in [5.74, 6) is -0.986. The van der Waals surface area contributed by atoms with Crippen molar-refractivity contribution < 1.29 is 13.2 Å². The molecule has 0 unspecified atom stereocenters. The van der Waals surface area contributed by atoms with Crippen molar-refractivity contribution >= 4 is 55.9 Å². The van der Waals surface area contributed by atoms with Crippen LogP contribution >= 0.6 is 23.2 Å². The van der Waals surface area contributed by atoms with Gasteiger partial charge in [-0.2, -0.15) is 0 Å². The first kappa shape index (κ1) is 23.8. The number of carbonyl (C=O) groups is 1. The lowest BCUT2D eigenvalue weighted by Gasteiger charge is -2.31. The van der Waals surface area contributed by atoms with Crippen molar-refractivity contribution in [2.75, 3.05) is 18.4 Å². The summed E-state index contributed by atoms with van der Waals surface area (Å²) in [4.78, 5) is 25.1. The monoisotopic (exact) mass is 510 g/mol. The smallest absolute Gasteiger partial charge is 0.326 e. The highest BCUT2D eigenvalue weighted by Gasteiger charge is 2.33. The second kappa shape index (κ2) is 9.13. The number of anilines is 1. The van der Waals surface area contributed by atoms with Crippen LogP contribution in [0.3, 0.4) is 0 Å². The predicted octanol–water partition coefficient (Wildman–Crippen LogP) is 3.36. The van der Waals surface area contributed by atoms with Crippen molar-refractivity contribution in [2.24, 2.45) is 20.0 Å². The number of sulfonamides is 1. The van der Waals surface area contributed by atoms with E-state index in [1.54, 1.807) is 44.4 Å². The zero-order valence-corrected chi connectivity index (χ0v) is 20.5. The van der Waals surface area contributed by atoms with Gasteiger partial charge in [-0.1, -0.05) is 29.3 Å². The van der Waals surface area contributed by atoms with Crippen LogP contribution in [0.15, 0.2) is 41.2 Å². The lowest BCUT2D eigenvalue weighted by molar-refractivity contribution is -0.120. The van der Waals surface area contributed by atoms with E-state index in [4.69, 9.17) is 23.2 Å². The third-order valence-electron chi connectivity index (χ3n) is 6.04. The number of amides is 1. The Morgan fingerprint density at radius 1 is 1.09 bits per heavy atom. The van der Waals surface area contributed by atoms with Crippen LogP contribution in [0.1, 0.15) is 18.4 Å². The molecule has 1 amide bonds. The average Bonchev–Trinajstić information content (AvgIpc) is 2.99. The third kappa shape index (κ3) is 4.82. The molecule has 3 aromatic rings. The normalized spacial score (nSPS) is 17.4. The number of halogens is 2. The SMILES string of the molecule is Cn1c(=O)n(C)c2cc(NC(=O)[C@@H]3CCCN(S(=O)(=O)Cc4ccc(Cl)cc4Cl)C3)ccc21. The molecule has 1 aromatic heterocycles. The van der Waals surface area contributed by atoms with E-state index in [1.165, 1.54) is 19.5 Å². The van der Waals surface area contributed by atoms with E-state index in [-0.39, 0.29) is 23.9 Å². The highest BCUT2D eigenvalue weighted by Crippen LogP contribution is 2.27. The molecule has 8 nitrogen and oxygen atoms in total. The number of hydrogen-bond acceptors (Lipinski definition) is 4. The Kier molecular flexibility index (Phi) is 6.59. The van der Waals surface area contributed by atoms with E-state index in [1.807, 2.05) is 0 Å². The maximum Gasteiger partial charge on any atom is 0.328 e. The number of carbonyl (C=O) groups excluding carboxylic acids is 1. The van der Waals surface area contributed by atoms with Crippen LogP contribution in [0.25, 0.3) is 11.0 Å². The first-order valence-corrected chi connectivity index (χ1v) is 12.8. The molecule has 33 heavy (non-hydrogen) atoms. The minimum atomic E-state index is -3.66. The standard InChI is InChI=1S/C22H24Cl2N4O4S/c1-26-19-8-7-17(11-20(19)27(2)22(26)30)25-21(29)14-4-3-9-28(12-14)33(31,32)13-15-5-6-16(23)10-18(15)24/h5-8,10-11,14H,3-4,9,12-13H2,1-2H3,(H,25,29)/t14-/m1/s1. The molecule has 2 aromatic carbocycles. The van der Waals surface area contributed by atoms with Crippen molar-refractivity contribution in [3.8, 4) is 0 Å². The number of aryl methyl sites for hydroxylation is 2. The fraction of sp³-hybridized carbons (Fsp3) is 0.364. The minimum Gasteiger partial charge on any atom is -0.326 e. The fourth-order valence-corrected chi connectivity index (χ4v) is 6.36. The molecule has 1 aliphatic rings. The zero-order valence-electron chi connectivity index (χ0n) is 18.2. The predicted molar refractivity (Wildman–Crippen MR) is 130 cm³/mol.